The number of hydrogen-bond acceptors (Lipinski definition) is 4. The first-order chi connectivity index (χ1) is 14.5. The molecule has 0 fully saturated rings. The first-order valence-corrected chi connectivity index (χ1v) is 10.3. The number of nitrogens with one attached hydrogen (secondary N) is 1. The van der Waals surface area contributed by atoms with Crippen molar-refractivity contribution >= 4 is 32.9 Å². The van der Waals surface area contributed by atoms with Gasteiger partial charge in [-0.15, -0.1) is 0 Å². The third kappa shape index (κ3) is 4.04. The molecule has 0 radical (unpaired) electrons. The van der Waals surface area contributed by atoms with Gasteiger partial charge in [-0.3, -0.25) is 14.2 Å². The maximum atomic E-state index is 12.9. The van der Waals surface area contributed by atoms with Crippen LogP contribution in [0.15, 0.2) is 70.3 Å². The Balaban J connectivity index is 1.48. The van der Waals surface area contributed by atoms with E-state index < -0.39 is 0 Å². The van der Waals surface area contributed by atoms with E-state index in [1.807, 2.05) is 49.4 Å². The number of hydrogen-bond donors (Lipinski definition) is 1. The molecule has 1 amide bonds. The predicted molar refractivity (Wildman–Crippen MR) is 119 cm³/mol. The molecule has 0 atom stereocenters. The zero-order chi connectivity index (χ0) is 21.1. The van der Waals surface area contributed by atoms with Gasteiger partial charge in [-0.1, -0.05) is 36.4 Å². The highest BCUT2D eigenvalue weighted by Gasteiger charge is 2.12. The lowest BCUT2D eigenvalue weighted by Crippen LogP contribution is -2.28. The first kappa shape index (κ1) is 20.0. The summed E-state index contributed by atoms with van der Waals surface area (Å²) in [5, 5.41) is 7.62. The highest BCUT2D eigenvalue weighted by atomic mass is 79.9. The molecule has 2 heterocycles. The Morgan fingerprint density at radius 2 is 1.90 bits per heavy atom. The van der Waals surface area contributed by atoms with E-state index in [1.165, 1.54) is 6.20 Å². The van der Waals surface area contributed by atoms with Crippen LogP contribution < -0.4 is 10.9 Å². The molecule has 8 heteroatoms. The quantitative estimate of drug-likeness (QED) is 0.474. The van der Waals surface area contributed by atoms with Crippen molar-refractivity contribution in [3.8, 4) is 0 Å². The van der Waals surface area contributed by atoms with E-state index >= 15 is 0 Å². The number of aryl methyl sites for hydroxylation is 1. The predicted octanol–water partition coefficient (Wildman–Crippen LogP) is 3.14. The number of carbonyl (C=O) groups excluding carboxylic acids is 1. The minimum atomic E-state index is -0.174. The van der Waals surface area contributed by atoms with Gasteiger partial charge in [0.1, 0.15) is 11.7 Å². The van der Waals surface area contributed by atoms with Gasteiger partial charge in [-0.25, -0.2) is 9.67 Å². The molecule has 0 saturated carbocycles. The first-order valence-electron chi connectivity index (χ1n) is 9.53. The molecule has 0 aliphatic carbocycles. The van der Waals surface area contributed by atoms with Crippen molar-refractivity contribution in [1.29, 1.82) is 0 Å². The number of amides is 1. The molecule has 2 aromatic heterocycles. The normalized spacial score (nSPS) is 11.0. The molecular weight excluding hydrogens is 446 g/mol. The van der Waals surface area contributed by atoms with Crippen LogP contribution in [-0.2, 0) is 13.1 Å². The van der Waals surface area contributed by atoms with Crippen LogP contribution in [0.2, 0.25) is 0 Å². The van der Waals surface area contributed by atoms with E-state index in [0.29, 0.717) is 36.2 Å². The number of aromatic nitrogens is 4. The van der Waals surface area contributed by atoms with E-state index in [2.05, 4.69) is 31.3 Å². The van der Waals surface area contributed by atoms with E-state index in [1.54, 1.807) is 21.6 Å². The van der Waals surface area contributed by atoms with Crippen LogP contribution in [-0.4, -0.2) is 31.8 Å². The van der Waals surface area contributed by atoms with E-state index in [4.69, 9.17) is 0 Å². The van der Waals surface area contributed by atoms with Crippen LogP contribution in [0.5, 0.6) is 0 Å². The van der Waals surface area contributed by atoms with Crippen LogP contribution in [0.1, 0.15) is 21.5 Å². The molecule has 0 bridgehead atoms. The Labute approximate surface area is 181 Å². The number of rotatable bonds is 6. The highest BCUT2D eigenvalue weighted by molar-refractivity contribution is 9.10. The smallest absolute Gasteiger partial charge is 0.264 e. The van der Waals surface area contributed by atoms with Gasteiger partial charge >= 0.3 is 0 Å². The summed E-state index contributed by atoms with van der Waals surface area (Å²) >= 11 is 3.38. The van der Waals surface area contributed by atoms with Crippen molar-refractivity contribution in [3.63, 3.8) is 0 Å². The third-order valence-corrected chi connectivity index (χ3v) is 5.64. The van der Waals surface area contributed by atoms with Crippen LogP contribution in [0, 0.1) is 6.92 Å². The lowest BCUT2D eigenvalue weighted by Gasteiger charge is -2.09. The Bertz CT molecular complexity index is 1280. The lowest BCUT2D eigenvalue weighted by atomic mass is 10.1. The lowest BCUT2D eigenvalue weighted by molar-refractivity contribution is 0.0951. The fourth-order valence-corrected chi connectivity index (χ4v) is 3.73. The number of carbonyl (C=O) groups is 1. The number of benzene rings is 2. The van der Waals surface area contributed by atoms with Gasteiger partial charge in [0.15, 0.2) is 5.65 Å². The zero-order valence-corrected chi connectivity index (χ0v) is 18.0. The van der Waals surface area contributed by atoms with Gasteiger partial charge in [-0.2, -0.15) is 5.10 Å². The second-order valence-electron chi connectivity index (χ2n) is 6.94. The summed E-state index contributed by atoms with van der Waals surface area (Å²) in [7, 11) is 0. The molecule has 2 aromatic carbocycles. The number of nitrogens with zero attached hydrogens (tertiary/aromatic N) is 4. The summed E-state index contributed by atoms with van der Waals surface area (Å²) in [6.07, 6.45) is 3.09. The molecule has 30 heavy (non-hydrogen) atoms. The topological polar surface area (TPSA) is 81.8 Å². The van der Waals surface area contributed by atoms with Crippen LogP contribution >= 0.6 is 15.9 Å². The zero-order valence-electron chi connectivity index (χ0n) is 16.4. The minimum absolute atomic E-state index is 0.133. The third-order valence-electron chi connectivity index (χ3n) is 4.95. The number of halogens is 1. The molecular formula is C22H20BrN5O2. The monoisotopic (exact) mass is 465 g/mol. The highest BCUT2D eigenvalue weighted by Crippen LogP contribution is 2.15. The van der Waals surface area contributed by atoms with Gasteiger partial charge in [0.05, 0.1) is 24.8 Å². The largest absolute Gasteiger partial charge is 0.350 e. The Kier molecular flexibility index (Phi) is 5.76. The summed E-state index contributed by atoms with van der Waals surface area (Å²) in [4.78, 5) is 29.6. The molecule has 0 aliphatic rings. The summed E-state index contributed by atoms with van der Waals surface area (Å²) in [6, 6.07) is 15.2. The van der Waals surface area contributed by atoms with Crippen molar-refractivity contribution < 1.29 is 4.79 Å². The Hall–Kier alpha value is -3.26. The Morgan fingerprint density at radius 1 is 1.13 bits per heavy atom. The summed E-state index contributed by atoms with van der Waals surface area (Å²) < 4.78 is 3.96. The molecule has 1 N–H and O–H groups in total. The minimum Gasteiger partial charge on any atom is -0.350 e. The van der Waals surface area contributed by atoms with Crippen molar-refractivity contribution in [2.75, 3.05) is 6.54 Å². The van der Waals surface area contributed by atoms with Crippen molar-refractivity contribution in [2.45, 2.75) is 20.0 Å². The summed E-state index contributed by atoms with van der Waals surface area (Å²) in [6.45, 7) is 3.26. The molecule has 152 valence electrons. The molecule has 0 saturated heterocycles. The molecule has 4 aromatic rings. The molecule has 0 spiro atoms. The van der Waals surface area contributed by atoms with Gasteiger partial charge < -0.3 is 5.32 Å². The van der Waals surface area contributed by atoms with Crippen molar-refractivity contribution in [3.05, 3.63) is 92.6 Å². The van der Waals surface area contributed by atoms with E-state index in [9.17, 15) is 9.59 Å². The molecule has 7 nitrogen and oxygen atoms in total. The maximum Gasteiger partial charge on any atom is 0.264 e. The van der Waals surface area contributed by atoms with Gasteiger partial charge in [0.2, 0.25) is 0 Å². The molecule has 4 rings (SSSR count). The van der Waals surface area contributed by atoms with Gasteiger partial charge in [0, 0.05) is 11.0 Å². The summed E-state index contributed by atoms with van der Waals surface area (Å²) in [5.41, 5.74) is 3.15. The average Bonchev–Trinajstić information content (AvgIpc) is 3.15. The van der Waals surface area contributed by atoms with E-state index in [0.717, 1.165) is 15.6 Å². The molecule has 0 aliphatic heterocycles. The SMILES string of the molecule is Cc1ccccc1Cn1cnc2c(cnn2CCNC(=O)c2ccccc2Br)c1=O. The van der Waals surface area contributed by atoms with Crippen LogP contribution in [0.4, 0.5) is 0 Å². The fraction of sp³-hybridized carbons (Fsp3) is 0.182. The second kappa shape index (κ2) is 8.62. The van der Waals surface area contributed by atoms with Gasteiger partial charge in [0.25, 0.3) is 11.5 Å². The average molecular weight is 466 g/mol. The summed E-state index contributed by atoms with van der Waals surface area (Å²) in [5.74, 6) is -0.174. The fourth-order valence-electron chi connectivity index (χ4n) is 3.26. The number of fused-ring (bicyclic) bond motifs is 1. The van der Waals surface area contributed by atoms with Crippen molar-refractivity contribution in [2.24, 2.45) is 0 Å². The van der Waals surface area contributed by atoms with E-state index in [-0.39, 0.29) is 11.5 Å². The maximum absolute atomic E-state index is 12.9. The molecule has 0 unspecified atom stereocenters. The second-order valence-corrected chi connectivity index (χ2v) is 7.80. The Morgan fingerprint density at radius 3 is 2.70 bits per heavy atom. The van der Waals surface area contributed by atoms with Gasteiger partial charge in [-0.05, 0) is 46.1 Å². The van der Waals surface area contributed by atoms with Crippen molar-refractivity contribution in [1.82, 2.24) is 24.6 Å². The standard InChI is InChI=1S/C22H20BrN5O2/c1-15-6-2-3-7-16(15)13-27-14-25-20-18(22(27)30)12-26-28(20)11-10-24-21(29)17-8-4-5-9-19(17)23/h2-9,12,14H,10-11,13H2,1H3,(H,24,29). The van der Waals surface area contributed by atoms with Crippen LogP contribution in [0.3, 0.4) is 0 Å². The van der Waals surface area contributed by atoms with Crippen LogP contribution in [0.25, 0.3) is 11.0 Å².